The summed E-state index contributed by atoms with van der Waals surface area (Å²) in [6.07, 6.45) is 0. The minimum Gasteiger partial charge on any atom is -0.497 e. The summed E-state index contributed by atoms with van der Waals surface area (Å²) in [5, 5.41) is 4.52. The maximum atomic E-state index is 13.9. The molecule has 2 N–H and O–H groups in total. The minimum atomic E-state index is -1.78. The fourth-order valence-electron chi connectivity index (χ4n) is 3.38. The lowest BCUT2D eigenvalue weighted by Crippen LogP contribution is -2.54. The van der Waals surface area contributed by atoms with Gasteiger partial charge in [-0.25, -0.2) is 13.6 Å². The first-order chi connectivity index (χ1) is 14.3. The van der Waals surface area contributed by atoms with Gasteiger partial charge in [0.05, 0.1) is 19.2 Å². The van der Waals surface area contributed by atoms with Crippen LogP contribution in [0.5, 0.6) is 5.75 Å². The SMILES string of the molecule is COc1ccc2c(c1)C(=O)N(C[C@@]1(C#Cc3ccc(F)cc3F)NC(=O)NC1=O)C2. The zero-order valence-corrected chi connectivity index (χ0v) is 15.7. The molecule has 0 radical (unpaired) electrons. The molecule has 1 fully saturated rings. The first kappa shape index (κ1) is 19.4. The van der Waals surface area contributed by atoms with Gasteiger partial charge in [-0.2, -0.15) is 0 Å². The molecular weight excluding hydrogens is 396 g/mol. The number of methoxy groups -OCH3 is 1. The molecule has 152 valence electrons. The number of carbonyl (C=O) groups is 3. The van der Waals surface area contributed by atoms with E-state index >= 15 is 0 Å². The van der Waals surface area contributed by atoms with Gasteiger partial charge in [0.2, 0.25) is 5.54 Å². The Morgan fingerprint density at radius 2 is 1.97 bits per heavy atom. The molecule has 1 saturated heterocycles. The van der Waals surface area contributed by atoms with Crippen molar-refractivity contribution in [2.24, 2.45) is 0 Å². The van der Waals surface area contributed by atoms with Gasteiger partial charge in [-0.3, -0.25) is 14.9 Å². The highest BCUT2D eigenvalue weighted by Crippen LogP contribution is 2.28. The number of urea groups is 1. The number of benzene rings is 2. The number of rotatable bonds is 3. The number of hydrogen-bond donors (Lipinski definition) is 2. The molecule has 0 saturated carbocycles. The lowest BCUT2D eigenvalue weighted by Gasteiger charge is -2.26. The second kappa shape index (κ2) is 7.15. The number of nitrogens with zero attached hydrogens (tertiary/aromatic N) is 1. The quantitative estimate of drug-likeness (QED) is 0.593. The Labute approximate surface area is 170 Å². The maximum Gasteiger partial charge on any atom is 0.323 e. The molecule has 2 aromatic rings. The van der Waals surface area contributed by atoms with Crippen molar-refractivity contribution < 1.29 is 27.9 Å². The Morgan fingerprint density at radius 3 is 2.63 bits per heavy atom. The van der Waals surface area contributed by atoms with Crippen LogP contribution in [0.3, 0.4) is 0 Å². The number of nitrogens with one attached hydrogen (secondary N) is 2. The van der Waals surface area contributed by atoms with E-state index in [1.54, 1.807) is 18.2 Å². The third kappa shape index (κ3) is 3.33. The van der Waals surface area contributed by atoms with E-state index in [0.717, 1.165) is 17.7 Å². The fourth-order valence-corrected chi connectivity index (χ4v) is 3.38. The highest BCUT2D eigenvalue weighted by molar-refractivity contribution is 6.10. The summed E-state index contributed by atoms with van der Waals surface area (Å²) in [4.78, 5) is 38.5. The Bertz CT molecular complexity index is 1150. The first-order valence-electron chi connectivity index (χ1n) is 8.89. The molecule has 2 aliphatic rings. The lowest BCUT2D eigenvalue weighted by molar-refractivity contribution is -0.122. The molecule has 30 heavy (non-hydrogen) atoms. The number of fused-ring (bicyclic) bond motifs is 1. The molecule has 1 atom stereocenters. The Morgan fingerprint density at radius 1 is 1.17 bits per heavy atom. The van der Waals surface area contributed by atoms with Gasteiger partial charge in [-0.05, 0) is 29.8 Å². The molecule has 0 spiro atoms. The van der Waals surface area contributed by atoms with Crippen molar-refractivity contribution in [2.75, 3.05) is 13.7 Å². The number of hydrogen-bond acceptors (Lipinski definition) is 4. The summed E-state index contributed by atoms with van der Waals surface area (Å²) < 4.78 is 32.2. The van der Waals surface area contributed by atoms with Crippen LogP contribution < -0.4 is 15.4 Å². The largest absolute Gasteiger partial charge is 0.497 e. The lowest BCUT2D eigenvalue weighted by atomic mass is 9.99. The predicted octanol–water partition coefficient (Wildman–Crippen LogP) is 1.56. The van der Waals surface area contributed by atoms with Crippen LogP contribution in [-0.4, -0.2) is 41.9 Å². The monoisotopic (exact) mass is 411 g/mol. The average molecular weight is 411 g/mol. The summed E-state index contributed by atoms with van der Waals surface area (Å²) >= 11 is 0. The number of carbonyl (C=O) groups excluding carboxylic acids is 3. The molecule has 2 heterocycles. The van der Waals surface area contributed by atoms with Gasteiger partial charge < -0.3 is 15.0 Å². The summed E-state index contributed by atoms with van der Waals surface area (Å²) in [7, 11) is 1.48. The van der Waals surface area contributed by atoms with Crippen LogP contribution in [0.15, 0.2) is 36.4 Å². The van der Waals surface area contributed by atoms with E-state index in [1.165, 1.54) is 12.0 Å². The van der Waals surface area contributed by atoms with Crippen LogP contribution in [-0.2, 0) is 11.3 Å². The molecule has 7 nitrogen and oxygen atoms in total. The second-order valence-corrected chi connectivity index (χ2v) is 6.87. The molecule has 0 unspecified atom stereocenters. The topological polar surface area (TPSA) is 87.7 Å². The minimum absolute atomic E-state index is 0.148. The second-order valence-electron chi connectivity index (χ2n) is 6.87. The van der Waals surface area contributed by atoms with E-state index in [-0.39, 0.29) is 24.6 Å². The van der Waals surface area contributed by atoms with Gasteiger partial charge in [-0.1, -0.05) is 17.9 Å². The Kier molecular flexibility index (Phi) is 4.62. The first-order valence-corrected chi connectivity index (χ1v) is 8.89. The highest BCUT2D eigenvalue weighted by atomic mass is 19.1. The summed E-state index contributed by atoms with van der Waals surface area (Å²) in [6.45, 7) is -0.0497. The van der Waals surface area contributed by atoms with Gasteiger partial charge in [0.1, 0.15) is 17.4 Å². The van der Waals surface area contributed by atoms with Crippen LogP contribution in [0.4, 0.5) is 13.6 Å². The van der Waals surface area contributed by atoms with Crippen LogP contribution >= 0.6 is 0 Å². The maximum absolute atomic E-state index is 13.9. The summed E-state index contributed by atoms with van der Waals surface area (Å²) in [6, 6.07) is 7.09. The molecule has 0 aromatic heterocycles. The summed E-state index contributed by atoms with van der Waals surface area (Å²) in [5.41, 5.74) is -0.768. The molecule has 4 amide bonds. The van der Waals surface area contributed by atoms with Crippen molar-refractivity contribution in [1.82, 2.24) is 15.5 Å². The normalized spacial score (nSPS) is 19.7. The highest BCUT2D eigenvalue weighted by Gasteiger charge is 2.48. The van der Waals surface area contributed by atoms with E-state index < -0.39 is 29.1 Å². The molecule has 4 rings (SSSR count). The van der Waals surface area contributed by atoms with Crippen molar-refractivity contribution in [3.8, 4) is 17.6 Å². The van der Waals surface area contributed by atoms with Crippen LogP contribution in [0.1, 0.15) is 21.5 Å². The molecular formula is C21H15F2N3O4. The standard InChI is InChI=1S/C21H15F2N3O4/c1-30-15-5-3-13-10-26(18(27)16(13)9-15)11-21(19(28)24-20(29)25-21)7-6-12-2-4-14(22)8-17(12)23/h2-5,8-9H,10-11H2,1H3,(H2,24,25,28,29)/t21-/m1/s1. The summed E-state index contributed by atoms with van der Waals surface area (Å²) in [5.74, 6) is 2.78. The molecule has 2 aromatic carbocycles. The van der Waals surface area contributed by atoms with Crippen molar-refractivity contribution in [2.45, 2.75) is 12.1 Å². The molecule has 2 aliphatic heterocycles. The Hall–Kier alpha value is -3.93. The van der Waals surface area contributed by atoms with Gasteiger partial charge in [0.25, 0.3) is 11.8 Å². The van der Waals surface area contributed by atoms with Gasteiger partial charge in [0, 0.05) is 18.2 Å². The number of amides is 4. The zero-order valence-electron chi connectivity index (χ0n) is 15.7. The van der Waals surface area contributed by atoms with Crippen molar-refractivity contribution >= 4 is 17.8 Å². The molecule has 9 heteroatoms. The van der Waals surface area contributed by atoms with Crippen LogP contribution in [0.2, 0.25) is 0 Å². The third-order valence-corrected chi connectivity index (χ3v) is 4.91. The van der Waals surface area contributed by atoms with Crippen LogP contribution in [0, 0.1) is 23.5 Å². The van der Waals surface area contributed by atoms with Gasteiger partial charge in [0.15, 0.2) is 0 Å². The fraction of sp³-hybridized carbons (Fsp3) is 0.190. The van der Waals surface area contributed by atoms with Crippen molar-refractivity contribution in [3.05, 3.63) is 64.7 Å². The number of ether oxygens (including phenoxy) is 1. The van der Waals surface area contributed by atoms with E-state index in [2.05, 4.69) is 22.5 Å². The van der Waals surface area contributed by atoms with E-state index in [4.69, 9.17) is 4.74 Å². The van der Waals surface area contributed by atoms with Crippen molar-refractivity contribution in [1.29, 1.82) is 0 Å². The smallest absolute Gasteiger partial charge is 0.323 e. The van der Waals surface area contributed by atoms with E-state index in [9.17, 15) is 23.2 Å². The Balaban J connectivity index is 1.66. The molecule has 0 bridgehead atoms. The van der Waals surface area contributed by atoms with E-state index in [0.29, 0.717) is 17.4 Å². The number of halogens is 2. The molecule has 0 aliphatic carbocycles. The predicted molar refractivity (Wildman–Crippen MR) is 100 cm³/mol. The van der Waals surface area contributed by atoms with Crippen LogP contribution in [0.25, 0.3) is 0 Å². The van der Waals surface area contributed by atoms with E-state index in [1.807, 2.05) is 0 Å². The van der Waals surface area contributed by atoms with Gasteiger partial charge >= 0.3 is 6.03 Å². The zero-order chi connectivity index (χ0) is 21.5. The van der Waals surface area contributed by atoms with Gasteiger partial charge in [-0.15, -0.1) is 0 Å². The third-order valence-electron chi connectivity index (χ3n) is 4.91. The van der Waals surface area contributed by atoms with Crippen molar-refractivity contribution in [3.63, 3.8) is 0 Å². The number of imide groups is 1. The average Bonchev–Trinajstić information content (AvgIpc) is 3.16.